The van der Waals surface area contributed by atoms with Crippen LogP contribution < -0.4 is 5.32 Å². The van der Waals surface area contributed by atoms with E-state index in [0.29, 0.717) is 0 Å². The third-order valence-corrected chi connectivity index (χ3v) is 4.04. The fourth-order valence-corrected chi connectivity index (χ4v) is 2.72. The van der Waals surface area contributed by atoms with Crippen LogP contribution in [0.15, 0.2) is 36.9 Å². The van der Waals surface area contributed by atoms with Gasteiger partial charge in [-0.25, -0.2) is 4.98 Å². The summed E-state index contributed by atoms with van der Waals surface area (Å²) in [6, 6.07) is 3.76. The number of fused-ring (bicyclic) bond motifs is 1. The van der Waals surface area contributed by atoms with E-state index in [1.54, 1.807) is 37.1 Å². The summed E-state index contributed by atoms with van der Waals surface area (Å²) in [6.45, 7) is 2.15. The molecule has 3 aromatic rings. The van der Waals surface area contributed by atoms with Crippen molar-refractivity contribution in [1.82, 2.24) is 25.1 Å². The summed E-state index contributed by atoms with van der Waals surface area (Å²) >= 11 is 0. The largest absolute Gasteiger partial charge is 0.405 e. The lowest BCUT2D eigenvalue weighted by Gasteiger charge is -2.25. The average molecular weight is 365 g/mol. The fourth-order valence-electron chi connectivity index (χ4n) is 2.72. The van der Waals surface area contributed by atoms with Crippen molar-refractivity contribution >= 4 is 16.9 Å². The molecule has 0 atom stereocenters. The van der Waals surface area contributed by atoms with Crippen molar-refractivity contribution < 1.29 is 18.0 Å². The smallest absolute Gasteiger partial charge is 0.347 e. The number of amides is 1. The first-order valence-electron chi connectivity index (χ1n) is 7.97. The Bertz CT molecular complexity index is 926. The van der Waals surface area contributed by atoms with Gasteiger partial charge in [0.05, 0.1) is 18.2 Å². The normalized spacial score (nSPS) is 12.5. The number of rotatable bonds is 5. The number of hydrogen-bond acceptors (Lipinski definition) is 3. The average Bonchev–Trinajstić information content (AvgIpc) is 3.18. The number of aromatic nitrogens is 4. The molecule has 0 radical (unpaired) electrons. The van der Waals surface area contributed by atoms with Gasteiger partial charge in [0.2, 0.25) is 5.91 Å². The summed E-state index contributed by atoms with van der Waals surface area (Å²) in [5, 5.41) is 7.12. The minimum Gasteiger partial charge on any atom is -0.347 e. The Morgan fingerprint density at radius 2 is 2.12 bits per heavy atom. The Morgan fingerprint density at radius 3 is 2.85 bits per heavy atom. The molecule has 3 rings (SSSR count). The molecule has 0 unspecified atom stereocenters. The number of nitrogens with zero attached hydrogens (tertiary/aromatic N) is 3. The highest BCUT2D eigenvalue weighted by Gasteiger charge is 2.30. The Kier molecular flexibility index (Phi) is 4.47. The molecule has 6 nitrogen and oxygen atoms in total. The SMILES string of the molecule is CC(C)(CC(=O)NCC(F)(F)F)n1cc(-c2c[nH]c3ncccc23)cn1. The Labute approximate surface area is 147 Å². The van der Waals surface area contributed by atoms with Gasteiger partial charge in [-0.05, 0) is 26.0 Å². The number of carbonyl (C=O) groups excluding carboxylic acids is 1. The fraction of sp³-hybridized carbons (Fsp3) is 0.353. The molecule has 2 N–H and O–H groups in total. The number of H-pyrrole nitrogens is 1. The molecule has 138 valence electrons. The standard InChI is InChI=1S/C17H18F3N5O/c1-16(2,6-14(26)23-10-17(18,19)20)25-9-11(7-24-25)13-8-22-15-12(13)4-3-5-21-15/h3-5,7-9H,6,10H2,1-2H3,(H,21,22)(H,23,26). The van der Waals surface area contributed by atoms with E-state index in [9.17, 15) is 18.0 Å². The second-order valence-electron chi connectivity index (χ2n) is 6.66. The monoisotopic (exact) mass is 365 g/mol. The minimum atomic E-state index is -4.43. The Balaban J connectivity index is 1.77. The molecule has 0 aromatic carbocycles. The lowest BCUT2D eigenvalue weighted by Crippen LogP contribution is -2.39. The van der Waals surface area contributed by atoms with Gasteiger partial charge in [0.25, 0.3) is 0 Å². The van der Waals surface area contributed by atoms with Crippen LogP contribution >= 0.6 is 0 Å². The van der Waals surface area contributed by atoms with Gasteiger partial charge in [-0.1, -0.05) is 0 Å². The van der Waals surface area contributed by atoms with Crippen LogP contribution in [0.3, 0.4) is 0 Å². The topological polar surface area (TPSA) is 75.6 Å². The molecule has 9 heteroatoms. The van der Waals surface area contributed by atoms with Gasteiger partial charge in [-0.15, -0.1) is 0 Å². The maximum absolute atomic E-state index is 12.2. The van der Waals surface area contributed by atoms with Crippen molar-refractivity contribution in [2.45, 2.75) is 32.0 Å². The van der Waals surface area contributed by atoms with E-state index in [-0.39, 0.29) is 6.42 Å². The van der Waals surface area contributed by atoms with E-state index < -0.39 is 24.2 Å². The van der Waals surface area contributed by atoms with E-state index in [2.05, 4.69) is 15.1 Å². The molecule has 26 heavy (non-hydrogen) atoms. The summed E-state index contributed by atoms with van der Waals surface area (Å²) in [7, 11) is 0. The van der Waals surface area contributed by atoms with Crippen LogP contribution in [-0.4, -0.2) is 38.4 Å². The minimum absolute atomic E-state index is 0.125. The summed E-state index contributed by atoms with van der Waals surface area (Å²) in [5.74, 6) is -0.680. The van der Waals surface area contributed by atoms with E-state index in [4.69, 9.17) is 0 Å². The van der Waals surface area contributed by atoms with Gasteiger partial charge in [0, 0.05) is 35.1 Å². The number of carbonyl (C=O) groups is 1. The van der Waals surface area contributed by atoms with E-state index >= 15 is 0 Å². The Morgan fingerprint density at radius 1 is 1.35 bits per heavy atom. The van der Waals surface area contributed by atoms with Crippen molar-refractivity contribution in [3.8, 4) is 11.1 Å². The molecule has 0 fully saturated rings. The van der Waals surface area contributed by atoms with Crippen LogP contribution in [0.4, 0.5) is 13.2 Å². The number of alkyl halides is 3. The first-order chi connectivity index (χ1) is 12.2. The van der Waals surface area contributed by atoms with Crippen molar-refractivity contribution in [2.75, 3.05) is 6.54 Å². The molecule has 0 saturated heterocycles. The Hall–Kier alpha value is -2.84. The lowest BCUT2D eigenvalue weighted by atomic mass is 10.0. The van der Waals surface area contributed by atoms with Crippen molar-refractivity contribution in [3.63, 3.8) is 0 Å². The van der Waals surface area contributed by atoms with E-state index in [1.807, 2.05) is 23.6 Å². The zero-order valence-corrected chi connectivity index (χ0v) is 14.3. The quantitative estimate of drug-likeness (QED) is 0.729. The molecule has 3 heterocycles. The number of halogens is 3. The highest BCUT2D eigenvalue weighted by Crippen LogP contribution is 2.29. The molecule has 0 bridgehead atoms. The zero-order chi connectivity index (χ0) is 18.9. The lowest BCUT2D eigenvalue weighted by molar-refractivity contribution is -0.139. The van der Waals surface area contributed by atoms with Crippen LogP contribution in [0.25, 0.3) is 22.2 Å². The molecule has 0 aliphatic carbocycles. The molecule has 0 spiro atoms. The first kappa shape index (κ1) is 18.0. The van der Waals surface area contributed by atoms with E-state index in [0.717, 1.165) is 22.2 Å². The van der Waals surface area contributed by atoms with Crippen molar-refractivity contribution in [2.24, 2.45) is 0 Å². The van der Waals surface area contributed by atoms with Crippen molar-refractivity contribution in [1.29, 1.82) is 0 Å². The third-order valence-electron chi connectivity index (χ3n) is 4.04. The highest BCUT2D eigenvalue weighted by molar-refractivity contribution is 5.93. The number of pyridine rings is 1. The molecular weight excluding hydrogens is 347 g/mol. The molecule has 3 aromatic heterocycles. The number of aromatic amines is 1. The molecule has 0 saturated carbocycles. The van der Waals surface area contributed by atoms with Gasteiger partial charge in [0.1, 0.15) is 12.2 Å². The second kappa shape index (κ2) is 6.47. The third kappa shape index (κ3) is 3.87. The number of hydrogen-bond donors (Lipinski definition) is 2. The van der Waals surface area contributed by atoms with Gasteiger partial charge in [-0.3, -0.25) is 9.48 Å². The summed E-state index contributed by atoms with van der Waals surface area (Å²) < 4.78 is 38.2. The predicted molar refractivity (Wildman–Crippen MR) is 90.3 cm³/mol. The van der Waals surface area contributed by atoms with E-state index in [1.165, 1.54) is 0 Å². The van der Waals surface area contributed by atoms with Gasteiger partial charge in [0.15, 0.2) is 0 Å². The van der Waals surface area contributed by atoms with Gasteiger partial charge >= 0.3 is 6.18 Å². The highest BCUT2D eigenvalue weighted by atomic mass is 19.4. The van der Waals surface area contributed by atoms with Gasteiger partial charge in [-0.2, -0.15) is 18.3 Å². The molecule has 1 amide bonds. The van der Waals surface area contributed by atoms with Crippen molar-refractivity contribution in [3.05, 3.63) is 36.9 Å². The first-order valence-corrected chi connectivity index (χ1v) is 7.97. The van der Waals surface area contributed by atoms with Crippen LogP contribution in [-0.2, 0) is 10.3 Å². The summed E-state index contributed by atoms with van der Waals surface area (Å²) in [5.41, 5.74) is 1.71. The molecule has 0 aliphatic heterocycles. The summed E-state index contributed by atoms with van der Waals surface area (Å²) in [4.78, 5) is 19.1. The second-order valence-corrected chi connectivity index (χ2v) is 6.66. The molecule has 0 aliphatic rings. The summed E-state index contributed by atoms with van der Waals surface area (Å²) in [6.07, 6.45) is 2.39. The maximum Gasteiger partial charge on any atom is 0.405 e. The van der Waals surface area contributed by atoms with Crippen LogP contribution in [0.1, 0.15) is 20.3 Å². The van der Waals surface area contributed by atoms with Crippen LogP contribution in [0.2, 0.25) is 0 Å². The van der Waals surface area contributed by atoms with Crippen LogP contribution in [0.5, 0.6) is 0 Å². The number of nitrogens with one attached hydrogen (secondary N) is 2. The molecular formula is C17H18F3N5O. The maximum atomic E-state index is 12.2. The zero-order valence-electron chi connectivity index (χ0n) is 14.3. The van der Waals surface area contributed by atoms with Gasteiger partial charge < -0.3 is 10.3 Å². The predicted octanol–water partition coefficient (Wildman–Crippen LogP) is 3.23. The van der Waals surface area contributed by atoms with Crippen LogP contribution in [0, 0.1) is 0 Å².